The van der Waals surface area contributed by atoms with E-state index in [-0.39, 0.29) is 23.2 Å². The van der Waals surface area contributed by atoms with Gasteiger partial charge in [0.1, 0.15) is 4.83 Å². The highest BCUT2D eigenvalue weighted by Gasteiger charge is 2.29. The molecule has 0 spiro atoms. The number of hydrogen-bond donors (Lipinski definition) is 0. The van der Waals surface area contributed by atoms with E-state index < -0.39 is 0 Å². The zero-order valence-electron chi connectivity index (χ0n) is 19.7. The van der Waals surface area contributed by atoms with Crippen LogP contribution in [0.3, 0.4) is 0 Å². The highest BCUT2D eigenvalue weighted by molar-refractivity contribution is 7.99. The van der Waals surface area contributed by atoms with Crippen LogP contribution in [0.2, 0.25) is 5.02 Å². The zero-order chi connectivity index (χ0) is 24.7. The summed E-state index contributed by atoms with van der Waals surface area (Å²) in [6.07, 6.45) is 0.789. The molecule has 1 aliphatic rings. The predicted molar refractivity (Wildman–Crippen MR) is 144 cm³/mol. The number of carbonyl (C=O) groups excluding carboxylic acids is 1. The molecule has 2 aromatic carbocycles. The molecule has 5 nitrogen and oxygen atoms in total. The van der Waals surface area contributed by atoms with Crippen LogP contribution in [0.1, 0.15) is 40.2 Å². The predicted octanol–water partition coefficient (Wildman–Crippen LogP) is 6.48. The first-order valence-electron chi connectivity index (χ1n) is 11.5. The Morgan fingerprint density at radius 1 is 1.23 bits per heavy atom. The molecule has 0 radical (unpaired) electrons. The molecule has 5 rings (SSSR count). The van der Waals surface area contributed by atoms with Crippen LogP contribution in [0.4, 0.5) is 0 Å². The van der Waals surface area contributed by atoms with Gasteiger partial charge >= 0.3 is 0 Å². The van der Waals surface area contributed by atoms with Gasteiger partial charge in [-0.1, -0.05) is 55.4 Å². The van der Waals surface area contributed by atoms with E-state index in [1.807, 2.05) is 31.2 Å². The fourth-order valence-corrected chi connectivity index (χ4v) is 6.50. The lowest BCUT2D eigenvalue weighted by Crippen LogP contribution is -2.28. The molecule has 0 unspecified atom stereocenters. The number of nitrogens with zero attached hydrogens (tertiary/aromatic N) is 2. The van der Waals surface area contributed by atoms with Crippen molar-refractivity contribution in [2.45, 2.75) is 45.1 Å². The van der Waals surface area contributed by atoms with Crippen LogP contribution in [-0.2, 0) is 17.8 Å². The third-order valence-corrected chi connectivity index (χ3v) is 8.60. The Labute approximate surface area is 217 Å². The lowest BCUT2D eigenvalue weighted by Gasteiger charge is -2.26. The number of Topliss-reactive ketones (excluding diaryl/α,β-unsaturated/α-hetero) is 1. The Morgan fingerprint density at radius 2 is 1.97 bits per heavy atom. The second-order valence-corrected chi connectivity index (χ2v) is 11.5. The summed E-state index contributed by atoms with van der Waals surface area (Å²) in [5.74, 6) is 0.476. The molecule has 4 aromatic rings. The van der Waals surface area contributed by atoms with Crippen molar-refractivity contribution >= 4 is 50.7 Å². The number of rotatable bonds is 6. The number of benzene rings is 2. The maximum Gasteiger partial charge on any atom is 0.267 e. The summed E-state index contributed by atoms with van der Waals surface area (Å²) in [7, 11) is 0. The topological polar surface area (TPSA) is 61.2 Å². The summed E-state index contributed by atoms with van der Waals surface area (Å²) in [4.78, 5) is 33.6. The molecule has 0 amide bonds. The Hall–Kier alpha value is -2.45. The lowest BCUT2D eigenvalue weighted by molar-refractivity contribution is 0.00200. The number of thioether (sulfide) groups is 1. The molecule has 8 heteroatoms. The molecular formula is C27H25ClN2O3S2. The highest BCUT2D eigenvalue weighted by atomic mass is 35.5. The minimum atomic E-state index is -0.0901. The first kappa shape index (κ1) is 24.3. The molecule has 0 fully saturated rings. The maximum absolute atomic E-state index is 14.0. The number of hydrogen-bond acceptors (Lipinski definition) is 6. The largest absolute Gasteiger partial charge is 0.372 e. The summed E-state index contributed by atoms with van der Waals surface area (Å²) in [5.41, 5.74) is 3.29. The Balaban J connectivity index is 1.61. The monoisotopic (exact) mass is 524 g/mol. The van der Waals surface area contributed by atoms with Gasteiger partial charge < -0.3 is 4.74 Å². The molecule has 0 bridgehead atoms. The minimum Gasteiger partial charge on any atom is -0.372 e. The summed E-state index contributed by atoms with van der Waals surface area (Å²) in [6.45, 7) is 6.76. The molecule has 0 aliphatic carbocycles. The van der Waals surface area contributed by atoms with E-state index in [4.69, 9.17) is 21.3 Å². The van der Waals surface area contributed by atoms with E-state index >= 15 is 0 Å². The van der Waals surface area contributed by atoms with Gasteiger partial charge in [-0.2, -0.15) is 0 Å². The Morgan fingerprint density at radius 3 is 2.69 bits per heavy atom. The van der Waals surface area contributed by atoms with Gasteiger partial charge in [0.25, 0.3) is 5.56 Å². The minimum absolute atomic E-state index is 0.0454. The molecule has 2 aromatic heterocycles. The van der Waals surface area contributed by atoms with Crippen molar-refractivity contribution in [1.29, 1.82) is 0 Å². The molecule has 180 valence electrons. The normalized spacial score (nSPS) is 15.5. The van der Waals surface area contributed by atoms with Gasteiger partial charge in [-0.15, -0.1) is 11.3 Å². The van der Waals surface area contributed by atoms with Crippen molar-refractivity contribution in [2.24, 2.45) is 5.92 Å². The van der Waals surface area contributed by atoms with Crippen LogP contribution in [0.5, 0.6) is 0 Å². The lowest BCUT2D eigenvalue weighted by atomic mass is 9.96. The van der Waals surface area contributed by atoms with Crippen molar-refractivity contribution in [3.63, 3.8) is 0 Å². The van der Waals surface area contributed by atoms with Gasteiger partial charge in [0, 0.05) is 21.9 Å². The van der Waals surface area contributed by atoms with Crippen LogP contribution >= 0.6 is 34.7 Å². The van der Waals surface area contributed by atoms with Gasteiger partial charge in [-0.25, -0.2) is 4.98 Å². The van der Waals surface area contributed by atoms with E-state index in [1.165, 1.54) is 23.1 Å². The first-order valence-corrected chi connectivity index (χ1v) is 13.7. The average molecular weight is 525 g/mol. The number of thiophene rings is 1. The summed E-state index contributed by atoms with van der Waals surface area (Å²) >= 11 is 8.77. The number of ketones is 1. The van der Waals surface area contributed by atoms with Crippen LogP contribution in [0.25, 0.3) is 15.9 Å². The number of para-hydroxylation sites is 1. The highest BCUT2D eigenvalue weighted by Crippen LogP contribution is 2.36. The van der Waals surface area contributed by atoms with Gasteiger partial charge in [0.2, 0.25) is 0 Å². The third-order valence-electron chi connectivity index (χ3n) is 6.31. The molecule has 0 saturated carbocycles. The summed E-state index contributed by atoms with van der Waals surface area (Å²) in [5, 5.41) is 1.77. The van der Waals surface area contributed by atoms with Crippen molar-refractivity contribution in [3.05, 3.63) is 85.5 Å². The van der Waals surface area contributed by atoms with Gasteiger partial charge in [-0.05, 0) is 54.3 Å². The van der Waals surface area contributed by atoms with Gasteiger partial charge in [0.05, 0.1) is 29.5 Å². The molecular weight excluding hydrogens is 500 g/mol. The molecule has 1 atom stereocenters. The number of carbonyl (C=O) groups is 1. The molecule has 1 aliphatic heterocycles. The second-order valence-electron chi connectivity index (χ2n) is 9.02. The van der Waals surface area contributed by atoms with Crippen molar-refractivity contribution in [1.82, 2.24) is 9.55 Å². The molecule has 35 heavy (non-hydrogen) atoms. The number of ether oxygens (including phenoxy) is 1. The van der Waals surface area contributed by atoms with Crippen LogP contribution in [0.15, 0.2) is 58.5 Å². The number of aromatic nitrogens is 2. The summed E-state index contributed by atoms with van der Waals surface area (Å²) < 4.78 is 7.72. The average Bonchev–Trinajstić information content (AvgIpc) is 3.21. The Bertz CT molecular complexity index is 1470. The fourth-order valence-electron chi connectivity index (χ4n) is 4.31. The summed E-state index contributed by atoms with van der Waals surface area (Å²) in [6, 6.07) is 14.6. The Kier molecular flexibility index (Phi) is 6.86. The SMILES string of the molecule is Cc1ccccc1-n1c(SCC(=O)c2ccc(Cl)cc2)nc2sc3c(c2c1=O)C[C@@H](C(C)C)OC3. The quantitative estimate of drug-likeness (QED) is 0.164. The number of halogens is 1. The second kappa shape index (κ2) is 9.90. The van der Waals surface area contributed by atoms with Gasteiger partial charge in [-0.3, -0.25) is 14.2 Å². The van der Waals surface area contributed by atoms with Crippen LogP contribution < -0.4 is 5.56 Å². The third kappa shape index (κ3) is 4.70. The molecule has 0 N–H and O–H groups in total. The standard InChI is InChI=1S/C27H25ClN2O3S2/c1-15(2)22-12-19-23(13-33-22)35-25-24(19)26(32)30(20-7-5-4-6-16(20)3)27(29-25)34-14-21(31)17-8-10-18(28)11-9-17/h4-11,15,22H,12-14H2,1-3H3/t22-/m0/s1. The molecule has 3 heterocycles. The van der Waals surface area contributed by atoms with E-state index in [2.05, 4.69) is 13.8 Å². The number of aryl methyl sites for hydroxylation is 1. The van der Waals surface area contributed by atoms with E-state index in [0.29, 0.717) is 44.9 Å². The van der Waals surface area contributed by atoms with Gasteiger partial charge in [0.15, 0.2) is 10.9 Å². The fraction of sp³-hybridized carbons (Fsp3) is 0.296. The van der Waals surface area contributed by atoms with Crippen molar-refractivity contribution < 1.29 is 9.53 Å². The van der Waals surface area contributed by atoms with Crippen molar-refractivity contribution in [3.8, 4) is 5.69 Å². The smallest absolute Gasteiger partial charge is 0.267 e. The maximum atomic E-state index is 14.0. The van der Waals surface area contributed by atoms with Crippen LogP contribution in [0, 0.1) is 12.8 Å². The number of fused-ring (bicyclic) bond motifs is 3. The molecule has 0 saturated heterocycles. The first-order chi connectivity index (χ1) is 16.8. The van der Waals surface area contributed by atoms with E-state index in [1.54, 1.807) is 28.8 Å². The van der Waals surface area contributed by atoms with Crippen LogP contribution in [-0.4, -0.2) is 27.2 Å². The van der Waals surface area contributed by atoms with Crippen molar-refractivity contribution in [2.75, 3.05) is 5.75 Å². The van der Waals surface area contributed by atoms with E-state index in [9.17, 15) is 9.59 Å². The van der Waals surface area contributed by atoms with E-state index in [0.717, 1.165) is 21.7 Å². The zero-order valence-corrected chi connectivity index (χ0v) is 22.1.